The Morgan fingerprint density at radius 1 is 1.00 bits per heavy atom. The van der Waals surface area contributed by atoms with Gasteiger partial charge in [0.2, 0.25) is 0 Å². The zero-order valence-electron chi connectivity index (χ0n) is 3.13. The molecule has 0 N–H and O–H groups in total. The molecule has 5 heteroatoms. The summed E-state index contributed by atoms with van der Waals surface area (Å²) in [6, 6.07) is 0. The fourth-order valence-corrected chi connectivity index (χ4v) is 0. The first-order valence-electron chi connectivity index (χ1n) is 1.07. The van der Waals surface area contributed by atoms with Crippen molar-refractivity contribution in [2.75, 3.05) is 0 Å². The molecule has 0 aromatic heterocycles. The van der Waals surface area contributed by atoms with Gasteiger partial charge in [0.1, 0.15) is 0 Å². The molecule has 7 heavy (non-hydrogen) atoms. The number of hydrogen-bond donors (Lipinski definition) is 0. The maximum atomic E-state index is 8.93. The zero-order valence-corrected chi connectivity index (χ0v) is 5.59. The van der Waals surface area contributed by atoms with Crippen LogP contribution in [0, 0.1) is 0 Å². The number of rotatable bonds is 0. The van der Waals surface area contributed by atoms with Gasteiger partial charge in [0.15, 0.2) is 0 Å². The topological polar surface area (TPSA) is 80.3 Å². The molecule has 0 amide bonds. The van der Waals surface area contributed by atoms with E-state index in [4.69, 9.17) is 19.8 Å². The SMILES string of the molecule is O=C([O-])C(=O)[O-].[Zr+2]. The second-order valence-corrected chi connectivity index (χ2v) is 0.575. The van der Waals surface area contributed by atoms with Gasteiger partial charge in [-0.25, -0.2) is 0 Å². The predicted octanol–water partition coefficient (Wildman–Crippen LogP) is -3.52. The van der Waals surface area contributed by atoms with E-state index in [9.17, 15) is 0 Å². The molecule has 0 spiro atoms. The molecule has 0 atom stereocenters. The van der Waals surface area contributed by atoms with Crippen LogP contribution in [0.15, 0.2) is 0 Å². The molecule has 0 fully saturated rings. The van der Waals surface area contributed by atoms with E-state index in [1.54, 1.807) is 0 Å². The Morgan fingerprint density at radius 3 is 1.14 bits per heavy atom. The molecule has 0 aromatic carbocycles. The first-order valence-corrected chi connectivity index (χ1v) is 1.07. The maximum absolute atomic E-state index is 8.93. The summed E-state index contributed by atoms with van der Waals surface area (Å²) in [6.07, 6.45) is 0. The van der Waals surface area contributed by atoms with E-state index in [-0.39, 0.29) is 26.2 Å². The third-order valence-electron chi connectivity index (χ3n) is 0.167. The number of hydrogen-bond acceptors (Lipinski definition) is 4. The van der Waals surface area contributed by atoms with Crippen LogP contribution in [0.25, 0.3) is 0 Å². The van der Waals surface area contributed by atoms with E-state index in [1.807, 2.05) is 0 Å². The average Bonchev–Trinajstić information content (AvgIpc) is 1.36. The minimum Gasteiger partial charge on any atom is -0.543 e. The molecule has 0 aliphatic rings. The molecule has 0 saturated carbocycles. The average molecular weight is 179 g/mol. The quantitative estimate of drug-likeness (QED) is 0.361. The predicted molar refractivity (Wildman–Crippen MR) is 10.0 cm³/mol. The van der Waals surface area contributed by atoms with Crippen molar-refractivity contribution >= 4 is 11.9 Å². The van der Waals surface area contributed by atoms with Gasteiger partial charge in [0, 0.05) is 0 Å². The van der Waals surface area contributed by atoms with Gasteiger partial charge in [-0.3, -0.25) is 0 Å². The van der Waals surface area contributed by atoms with Gasteiger partial charge < -0.3 is 19.8 Å². The van der Waals surface area contributed by atoms with Crippen LogP contribution in [0.5, 0.6) is 0 Å². The summed E-state index contributed by atoms with van der Waals surface area (Å²) < 4.78 is 0. The standard InChI is InChI=1S/C2H2O4.Zr/c3-1(4)2(5)6;/h(H,3,4)(H,5,6);/q;+2/p-2. The Bertz CT molecular complexity index is 75.7. The first kappa shape index (κ1) is 9.95. The minimum absolute atomic E-state index is 0. The molecule has 4 nitrogen and oxygen atoms in total. The Balaban J connectivity index is 0. The van der Waals surface area contributed by atoms with Crippen LogP contribution in [0.4, 0.5) is 0 Å². The van der Waals surface area contributed by atoms with E-state index in [0.29, 0.717) is 0 Å². The van der Waals surface area contributed by atoms with Gasteiger partial charge in [-0.2, -0.15) is 0 Å². The van der Waals surface area contributed by atoms with Crippen molar-refractivity contribution < 1.29 is 46.0 Å². The van der Waals surface area contributed by atoms with Crippen molar-refractivity contribution in [3.8, 4) is 0 Å². The van der Waals surface area contributed by atoms with Crippen molar-refractivity contribution in [1.82, 2.24) is 0 Å². The van der Waals surface area contributed by atoms with Gasteiger partial charge in [-0.1, -0.05) is 0 Å². The van der Waals surface area contributed by atoms with Gasteiger partial charge >= 0.3 is 26.2 Å². The monoisotopic (exact) mass is 178 g/mol. The second-order valence-electron chi connectivity index (χ2n) is 0.575. The minimum atomic E-state index is -2.19. The molecule has 0 aliphatic carbocycles. The molecule has 0 unspecified atom stereocenters. The van der Waals surface area contributed by atoms with E-state index in [0.717, 1.165) is 0 Å². The van der Waals surface area contributed by atoms with Gasteiger partial charge in [0.05, 0.1) is 11.9 Å². The van der Waals surface area contributed by atoms with Crippen molar-refractivity contribution in [2.24, 2.45) is 0 Å². The number of aliphatic carboxylic acids is 2. The van der Waals surface area contributed by atoms with Crippen molar-refractivity contribution in [3.63, 3.8) is 0 Å². The third-order valence-corrected chi connectivity index (χ3v) is 0.167. The van der Waals surface area contributed by atoms with Crippen LogP contribution in [0.3, 0.4) is 0 Å². The second kappa shape index (κ2) is 3.99. The molecule has 0 radical (unpaired) electrons. The fourth-order valence-electron chi connectivity index (χ4n) is 0. The Labute approximate surface area is 58.3 Å². The van der Waals surface area contributed by atoms with Gasteiger partial charge in [0.25, 0.3) is 0 Å². The summed E-state index contributed by atoms with van der Waals surface area (Å²) in [5.41, 5.74) is 0. The molecular formula is C2O4Zr. The summed E-state index contributed by atoms with van der Waals surface area (Å²) in [4.78, 5) is 17.9. The Kier molecular flexibility index (Phi) is 5.68. The van der Waals surface area contributed by atoms with E-state index < -0.39 is 11.9 Å². The number of carboxylic acids is 2. The summed E-state index contributed by atoms with van der Waals surface area (Å²) in [5.74, 6) is -4.37. The normalized spacial score (nSPS) is 6.29. The summed E-state index contributed by atoms with van der Waals surface area (Å²) in [7, 11) is 0. The fraction of sp³-hybridized carbons (Fsp3) is 0. The van der Waals surface area contributed by atoms with Crippen molar-refractivity contribution in [2.45, 2.75) is 0 Å². The third kappa shape index (κ3) is 5.82. The molecule has 0 aliphatic heterocycles. The maximum Gasteiger partial charge on any atom is 2.00 e. The van der Waals surface area contributed by atoms with Crippen LogP contribution in [0.1, 0.15) is 0 Å². The molecule has 0 rings (SSSR count). The largest absolute Gasteiger partial charge is 2.00 e. The summed E-state index contributed by atoms with van der Waals surface area (Å²) >= 11 is 0. The Morgan fingerprint density at radius 2 is 1.14 bits per heavy atom. The van der Waals surface area contributed by atoms with Crippen LogP contribution in [0.2, 0.25) is 0 Å². The Hall–Kier alpha value is -0.177. The van der Waals surface area contributed by atoms with Gasteiger partial charge in [-0.15, -0.1) is 0 Å². The first-order chi connectivity index (χ1) is 2.64. The molecule has 0 heterocycles. The molecule has 0 saturated heterocycles. The van der Waals surface area contributed by atoms with Crippen LogP contribution in [-0.2, 0) is 35.8 Å². The summed E-state index contributed by atoms with van der Waals surface area (Å²) in [5, 5.41) is 17.9. The molecular weight excluding hydrogens is 179 g/mol. The van der Waals surface area contributed by atoms with Gasteiger partial charge in [-0.05, 0) is 0 Å². The molecule has 0 bridgehead atoms. The molecule has 36 valence electrons. The van der Waals surface area contributed by atoms with Crippen molar-refractivity contribution in [1.29, 1.82) is 0 Å². The smallest absolute Gasteiger partial charge is 0.543 e. The molecule has 0 aromatic rings. The summed E-state index contributed by atoms with van der Waals surface area (Å²) in [6.45, 7) is 0. The van der Waals surface area contributed by atoms with Crippen LogP contribution in [-0.4, -0.2) is 11.9 Å². The van der Waals surface area contributed by atoms with Crippen LogP contribution < -0.4 is 10.2 Å². The number of carbonyl (C=O) groups excluding carboxylic acids is 2. The van der Waals surface area contributed by atoms with E-state index >= 15 is 0 Å². The number of carbonyl (C=O) groups is 2. The van der Waals surface area contributed by atoms with Crippen molar-refractivity contribution in [3.05, 3.63) is 0 Å². The number of carboxylic acid groups (broad SMARTS) is 2. The van der Waals surface area contributed by atoms with Crippen LogP contribution >= 0.6 is 0 Å². The zero-order chi connectivity index (χ0) is 5.15. The van der Waals surface area contributed by atoms with E-state index in [2.05, 4.69) is 0 Å². The van der Waals surface area contributed by atoms with E-state index in [1.165, 1.54) is 0 Å².